The quantitative estimate of drug-likeness (QED) is 0.294. The Kier molecular flexibility index (Phi) is 2.78. The lowest BCUT2D eigenvalue weighted by Gasteiger charge is -2.52. The molecule has 0 saturated heterocycles. The summed E-state index contributed by atoms with van der Waals surface area (Å²) >= 11 is 4.08. The first kappa shape index (κ1) is 15.5. The molecule has 3 heteroatoms. The summed E-state index contributed by atoms with van der Waals surface area (Å²) < 4.78 is 10.7. The molecule has 1 nitrogen and oxygen atoms in total. The minimum absolute atomic E-state index is 0.312. The third-order valence-electron chi connectivity index (χ3n) is 7.60. The molecule has 140 valence electrons. The van der Waals surface area contributed by atoms with Gasteiger partial charge in [0.1, 0.15) is 6.10 Å². The fourth-order valence-corrected chi connectivity index (χ4v) is 9.61. The molecule has 3 heterocycles. The van der Waals surface area contributed by atoms with Gasteiger partial charge < -0.3 is 4.74 Å². The van der Waals surface area contributed by atoms with E-state index in [1.807, 2.05) is 17.6 Å². The number of rotatable bonds is 0. The summed E-state index contributed by atoms with van der Waals surface area (Å²) in [5, 5.41) is 4.13. The number of ether oxygens (including phenoxy) is 1. The molecule has 0 radical (unpaired) electrons. The second kappa shape index (κ2) is 5.21. The standard InChI is InChI=1S/C26H18OS2/c1-2-6-14-12-19-18(11-13(14)5-1)24-26(28-19)22-21-16-8-4-3-7-15(16)20(25(22)29-24)17-9-10-27-23(17)21/h1-12,15-17,20-21,23H/t15?,16?,17?,20-,21+,23?/m1/s1. The number of allylic oxidation sites excluding steroid dienone is 4. The van der Waals surface area contributed by atoms with Crippen LogP contribution in [0.4, 0.5) is 0 Å². The van der Waals surface area contributed by atoms with E-state index >= 15 is 0 Å². The molecule has 0 amide bonds. The van der Waals surface area contributed by atoms with Gasteiger partial charge >= 0.3 is 0 Å². The molecule has 6 atom stereocenters. The summed E-state index contributed by atoms with van der Waals surface area (Å²) in [5.74, 6) is 2.75. The second-order valence-corrected chi connectivity index (χ2v) is 10.9. The molecule has 2 bridgehead atoms. The fourth-order valence-electron chi connectivity index (χ4n) is 6.50. The topological polar surface area (TPSA) is 9.23 Å². The molecule has 2 aromatic heterocycles. The molecule has 1 aliphatic heterocycles. The van der Waals surface area contributed by atoms with E-state index in [1.54, 1.807) is 10.4 Å². The normalized spacial score (nSPS) is 33.4. The van der Waals surface area contributed by atoms with E-state index < -0.39 is 0 Å². The summed E-state index contributed by atoms with van der Waals surface area (Å²) in [6.07, 6.45) is 14.1. The van der Waals surface area contributed by atoms with E-state index in [-0.39, 0.29) is 0 Å². The lowest BCUT2D eigenvalue weighted by molar-refractivity contribution is 0.0185. The smallest absolute Gasteiger partial charge is 0.112 e. The highest BCUT2D eigenvalue weighted by molar-refractivity contribution is 7.33. The van der Waals surface area contributed by atoms with Crippen molar-refractivity contribution < 1.29 is 4.74 Å². The minimum Gasteiger partial charge on any atom is -0.497 e. The van der Waals surface area contributed by atoms with Crippen LogP contribution in [0.3, 0.4) is 0 Å². The Morgan fingerprint density at radius 1 is 0.759 bits per heavy atom. The molecule has 4 aromatic rings. The average Bonchev–Trinajstić information content (AvgIpc) is 3.46. The lowest BCUT2D eigenvalue weighted by atomic mass is 9.53. The minimum atomic E-state index is 0.312. The Balaban J connectivity index is 1.46. The van der Waals surface area contributed by atoms with Crippen molar-refractivity contribution in [2.24, 2.45) is 17.8 Å². The summed E-state index contributed by atoms with van der Waals surface area (Å²) in [5.41, 5.74) is 1.62. The van der Waals surface area contributed by atoms with Crippen molar-refractivity contribution >= 4 is 52.9 Å². The van der Waals surface area contributed by atoms with E-state index in [0.29, 0.717) is 35.7 Å². The van der Waals surface area contributed by atoms with Gasteiger partial charge in [0.25, 0.3) is 0 Å². The van der Waals surface area contributed by atoms with Crippen molar-refractivity contribution in [3.63, 3.8) is 0 Å². The van der Waals surface area contributed by atoms with E-state index in [2.05, 4.69) is 78.1 Å². The predicted molar refractivity (Wildman–Crippen MR) is 123 cm³/mol. The summed E-state index contributed by atoms with van der Waals surface area (Å²) in [6.45, 7) is 0. The molecule has 5 aliphatic rings. The highest BCUT2D eigenvalue weighted by Crippen LogP contribution is 2.66. The Morgan fingerprint density at radius 3 is 2.41 bits per heavy atom. The molecule has 1 fully saturated rings. The number of benzene rings is 2. The van der Waals surface area contributed by atoms with E-state index in [1.165, 1.54) is 30.3 Å². The third-order valence-corrected chi connectivity index (χ3v) is 10.3. The average molecular weight is 411 g/mol. The zero-order valence-corrected chi connectivity index (χ0v) is 17.3. The first-order valence-corrected chi connectivity index (χ1v) is 12.1. The van der Waals surface area contributed by atoms with Gasteiger partial charge in [-0.15, -0.1) is 22.7 Å². The van der Waals surface area contributed by atoms with Crippen molar-refractivity contribution in [2.75, 3.05) is 0 Å². The number of hydrogen-bond acceptors (Lipinski definition) is 3. The molecule has 2 aromatic carbocycles. The van der Waals surface area contributed by atoms with Crippen molar-refractivity contribution in [2.45, 2.75) is 17.9 Å². The first-order valence-electron chi connectivity index (χ1n) is 10.4. The zero-order chi connectivity index (χ0) is 18.7. The fraction of sp³-hybridized carbons (Fsp3) is 0.231. The largest absolute Gasteiger partial charge is 0.497 e. The van der Waals surface area contributed by atoms with E-state index in [9.17, 15) is 0 Å². The Labute approximate surface area is 176 Å². The highest BCUT2D eigenvalue weighted by Gasteiger charge is 2.58. The predicted octanol–water partition coefficient (Wildman–Crippen LogP) is 7.35. The van der Waals surface area contributed by atoms with Crippen LogP contribution in [0.5, 0.6) is 0 Å². The molecule has 0 spiro atoms. The third kappa shape index (κ3) is 1.78. The summed E-state index contributed by atoms with van der Waals surface area (Å²) in [7, 11) is 0. The highest BCUT2D eigenvalue weighted by atomic mass is 32.1. The molecule has 4 aliphatic carbocycles. The van der Waals surface area contributed by atoms with Gasteiger partial charge in [-0.25, -0.2) is 0 Å². The summed E-state index contributed by atoms with van der Waals surface area (Å²) in [4.78, 5) is 1.64. The van der Waals surface area contributed by atoms with Crippen LogP contribution < -0.4 is 0 Å². The van der Waals surface area contributed by atoms with Crippen LogP contribution in [-0.2, 0) is 4.74 Å². The Bertz CT molecular complexity index is 1430. The number of hydrogen-bond donors (Lipinski definition) is 0. The van der Waals surface area contributed by atoms with Crippen LogP contribution in [0.25, 0.3) is 30.3 Å². The summed E-state index contributed by atoms with van der Waals surface area (Å²) in [6, 6.07) is 13.6. The van der Waals surface area contributed by atoms with Gasteiger partial charge in [-0.2, -0.15) is 0 Å². The number of thiophene rings is 2. The van der Waals surface area contributed by atoms with Crippen LogP contribution in [-0.4, -0.2) is 6.10 Å². The molecule has 9 rings (SSSR count). The van der Waals surface area contributed by atoms with Crippen LogP contribution >= 0.6 is 22.7 Å². The van der Waals surface area contributed by atoms with Crippen LogP contribution in [0.1, 0.15) is 22.3 Å². The maximum atomic E-state index is 6.22. The molecule has 1 saturated carbocycles. The van der Waals surface area contributed by atoms with Gasteiger partial charge in [0, 0.05) is 32.7 Å². The van der Waals surface area contributed by atoms with Crippen molar-refractivity contribution in [1.29, 1.82) is 0 Å². The van der Waals surface area contributed by atoms with Crippen LogP contribution in [0.15, 0.2) is 73.0 Å². The van der Waals surface area contributed by atoms with Crippen molar-refractivity contribution in [1.82, 2.24) is 0 Å². The van der Waals surface area contributed by atoms with Crippen molar-refractivity contribution in [3.05, 3.63) is 83.5 Å². The molecule has 4 unspecified atom stereocenters. The monoisotopic (exact) mass is 410 g/mol. The van der Waals surface area contributed by atoms with Gasteiger partial charge in [-0.3, -0.25) is 0 Å². The van der Waals surface area contributed by atoms with Gasteiger partial charge in [-0.1, -0.05) is 48.6 Å². The van der Waals surface area contributed by atoms with Gasteiger partial charge in [0.05, 0.1) is 15.7 Å². The zero-order valence-electron chi connectivity index (χ0n) is 15.6. The Morgan fingerprint density at radius 2 is 1.55 bits per heavy atom. The molecular formula is C26H18OS2. The van der Waals surface area contributed by atoms with Crippen LogP contribution in [0.2, 0.25) is 0 Å². The van der Waals surface area contributed by atoms with Gasteiger partial charge in [-0.05, 0) is 46.4 Å². The van der Waals surface area contributed by atoms with Gasteiger partial charge in [0.2, 0.25) is 0 Å². The number of fused-ring (bicyclic) bond motifs is 4. The molecule has 29 heavy (non-hydrogen) atoms. The second-order valence-electron chi connectivity index (χ2n) is 8.82. The lowest BCUT2D eigenvalue weighted by Crippen LogP contribution is -2.49. The van der Waals surface area contributed by atoms with E-state index in [4.69, 9.17) is 4.74 Å². The maximum Gasteiger partial charge on any atom is 0.112 e. The van der Waals surface area contributed by atoms with Gasteiger partial charge in [0.15, 0.2) is 0 Å². The van der Waals surface area contributed by atoms with Crippen molar-refractivity contribution in [3.8, 4) is 0 Å². The molecular weight excluding hydrogens is 392 g/mol. The van der Waals surface area contributed by atoms with E-state index in [0.717, 1.165) is 0 Å². The first-order chi connectivity index (χ1) is 14.4. The van der Waals surface area contributed by atoms with Crippen LogP contribution in [0, 0.1) is 17.8 Å². The maximum absolute atomic E-state index is 6.22. The molecule has 0 N–H and O–H groups in total. The SMILES string of the molecule is C1=CC2C(C=C1)[C@H]1c3c(sc4c3sc3cc5ccccc5cc34)[C@H]2C2C=COC21. The Hall–Kier alpha value is -2.36.